The first kappa shape index (κ1) is 9.04. The van der Waals surface area contributed by atoms with Gasteiger partial charge in [0.2, 0.25) is 7.38 Å². The molecular weight excluding hydrogens is 196 g/mol. The molecule has 0 nitrogen and oxygen atoms in total. The van der Waals surface area contributed by atoms with Crippen molar-refractivity contribution in [3.8, 4) is 0 Å². The minimum atomic E-state index is -1.77. The molecule has 0 amide bonds. The van der Waals surface area contributed by atoms with Crippen molar-refractivity contribution in [3.63, 3.8) is 0 Å². The van der Waals surface area contributed by atoms with Gasteiger partial charge in [0, 0.05) is 0 Å². The highest BCUT2D eigenvalue weighted by molar-refractivity contribution is 7.27. The van der Waals surface area contributed by atoms with Crippen LogP contribution < -0.4 is 0 Å². The van der Waals surface area contributed by atoms with Crippen LogP contribution in [0.15, 0.2) is 46.8 Å². The Labute approximate surface area is 85.0 Å². The van der Waals surface area contributed by atoms with E-state index < -0.39 is 7.38 Å². The van der Waals surface area contributed by atoms with Crippen LogP contribution in [0.1, 0.15) is 12.8 Å². The lowest BCUT2D eigenvalue weighted by Gasteiger charge is -2.22. The first-order chi connectivity index (χ1) is 6.21. The molecule has 0 bridgehead atoms. The van der Waals surface area contributed by atoms with Crippen LogP contribution in [0, 0.1) is 0 Å². The summed E-state index contributed by atoms with van der Waals surface area (Å²) in [6.07, 6.45) is 15.1. The van der Waals surface area contributed by atoms with Gasteiger partial charge in [0.1, 0.15) is 0 Å². The lowest BCUT2D eigenvalue weighted by molar-refractivity contribution is 1.32. The second kappa shape index (κ2) is 3.32. The summed E-state index contributed by atoms with van der Waals surface area (Å²) in [6.45, 7) is 2.23. The van der Waals surface area contributed by atoms with Gasteiger partial charge >= 0.3 is 0 Å². The Kier molecular flexibility index (Phi) is 2.30. The number of halogens is 1. The van der Waals surface area contributed by atoms with E-state index in [9.17, 15) is 0 Å². The fraction of sp³-hybridized carbons (Fsp3) is 0.273. The predicted molar refractivity (Wildman–Crippen MR) is 61.2 cm³/mol. The number of allylic oxidation sites excluding steroid dienone is 8. The molecule has 2 heteroatoms. The molecule has 0 aromatic heterocycles. The molecule has 0 spiro atoms. The molecule has 2 aliphatic rings. The first-order valence-corrected chi connectivity index (χ1v) is 8.14. The predicted octanol–water partition coefficient (Wildman–Crippen LogP) is 3.65. The molecular formula is C11H13ClSi. The highest BCUT2D eigenvalue weighted by Crippen LogP contribution is 2.35. The Morgan fingerprint density at radius 1 is 1.08 bits per heavy atom. The highest BCUT2D eigenvalue weighted by atomic mass is 35.6. The molecule has 13 heavy (non-hydrogen) atoms. The van der Waals surface area contributed by atoms with Crippen LogP contribution >= 0.6 is 11.1 Å². The van der Waals surface area contributed by atoms with E-state index in [1.54, 1.807) is 0 Å². The molecule has 0 aliphatic heterocycles. The van der Waals surface area contributed by atoms with Crippen LogP contribution in [-0.4, -0.2) is 7.38 Å². The molecule has 0 saturated heterocycles. The Hall–Kier alpha value is -0.533. The van der Waals surface area contributed by atoms with E-state index >= 15 is 0 Å². The quantitative estimate of drug-likeness (QED) is 0.480. The van der Waals surface area contributed by atoms with Crippen LogP contribution in [0.4, 0.5) is 0 Å². The SMILES string of the molecule is C[Si](Cl)(C1=CC=CC1)C1=CC=CC1. The van der Waals surface area contributed by atoms with E-state index in [1.165, 1.54) is 10.4 Å². The molecule has 0 aromatic carbocycles. The zero-order chi connectivity index (χ0) is 9.31. The average Bonchev–Trinajstić information content (AvgIpc) is 2.78. The molecule has 2 rings (SSSR count). The normalized spacial score (nSPS) is 20.8. The van der Waals surface area contributed by atoms with Crippen molar-refractivity contribution in [2.24, 2.45) is 0 Å². The maximum Gasteiger partial charge on any atom is 0.207 e. The summed E-state index contributed by atoms with van der Waals surface area (Å²) >= 11 is 6.67. The van der Waals surface area contributed by atoms with Gasteiger partial charge in [-0.05, 0) is 19.4 Å². The van der Waals surface area contributed by atoms with Crippen molar-refractivity contribution < 1.29 is 0 Å². The minimum Gasteiger partial charge on any atom is -0.156 e. The largest absolute Gasteiger partial charge is 0.207 e. The van der Waals surface area contributed by atoms with Crippen molar-refractivity contribution in [1.82, 2.24) is 0 Å². The van der Waals surface area contributed by atoms with E-state index in [1.807, 2.05) is 0 Å². The van der Waals surface area contributed by atoms with E-state index in [-0.39, 0.29) is 0 Å². The van der Waals surface area contributed by atoms with Crippen molar-refractivity contribution in [3.05, 3.63) is 46.8 Å². The second-order valence-corrected chi connectivity index (χ2v) is 9.21. The Balaban J connectivity index is 2.20. The third-order valence-electron chi connectivity index (χ3n) is 2.75. The standard InChI is InChI=1S/C11H13ClSi/c1-13(12,10-6-2-3-7-10)11-8-4-5-9-11/h2-6,8H,7,9H2,1H3. The van der Waals surface area contributed by atoms with E-state index in [4.69, 9.17) is 11.1 Å². The molecule has 0 saturated carbocycles. The third-order valence-corrected chi connectivity index (χ3v) is 7.36. The van der Waals surface area contributed by atoms with E-state index in [2.05, 4.69) is 43.0 Å². The van der Waals surface area contributed by atoms with Gasteiger partial charge in [-0.2, -0.15) is 11.1 Å². The zero-order valence-corrected chi connectivity index (χ0v) is 9.51. The molecule has 0 heterocycles. The molecule has 2 aliphatic carbocycles. The monoisotopic (exact) mass is 208 g/mol. The van der Waals surface area contributed by atoms with Crippen molar-refractivity contribution in [2.75, 3.05) is 0 Å². The fourth-order valence-corrected chi connectivity index (χ4v) is 4.87. The third kappa shape index (κ3) is 1.58. The number of hydrogen-bond donors (Lipinski definition) is 0. The van der Waals surface area contributed by atoms with Crippen molar-refractivity contribution >= 4 is 18.5 Å². The number of rotatable bonds is 2. The van der Waals surface area contributed by atoms with Crippen LogP contribution in [0.3, 0.4) is 0 Å². The Bertz CT molecular complexity index is 300. The molecule has 68 valence electrons. The van der Waals surface area contributed by atoms with Gasteiger partial charge in [0.05, 0.1) is 0 Å². The Morgan fingerprint density at radius 3 is 1.85 bits per heavy atom. The summed E-state index contributed by atoms with van der Waals surface area (Å²) in [5.41, 5.74) is 0. The van der Waals surface area contributed by atoms with Gasteiger partial charge in [-0.1, -0.05) is 46.8 Å². The molecule has 0 aromatic rings. The van der Waals surface area contributed by atoms with E-state index in [0.717, 1.165) is 12.8 Å². The molecule has 0 N–H and O–H groups in total. The maximum atomic E-state index is 6.67. The minimum absolute atomic E-state index is 1.06. The van der Waals surface area contributed by atoms with Gasteiger partial charge in [0.15, 0.2) is 0 Å². The fourth-order valence-electron chi connectivity index (χ4n) is 1.80. The van der Waals surface area contributed by atoms with Gasteiger partial charge < -0.3 is 0 Å². The first-order valence-electron chi connectivity index (χ1n) is 4.62. The van der Waals surface area contributed by atoms with Crippen molar-refractivity contribution in [1.29, 1.82) is 0 Å². The van der Waals surface area contributed by atoms with Gasteiger partial charge in [0.25, 0.3) is 0 Å². The lowest BCUT2D eigenvalue weighted by atomic mass is 10.5. The smallest absolute Gasteiger partial charge is 0.156 e. The maximum absolute atomic E-state index is 6.67. The molecule has 0 fully saturated rings. The van der Waals surface area contributed by atoms with Crippen LogP contribution in [0.5, 0.6) is 0 Å². The van der Waals surface area contributed by atoms with Crippen LogP contribution in [-0.2, 0) is 0 Å². The summed E-state index contributed by atoms with van der Waals surface area (Å²) in [5, 5.41) is 2.90. The summed E-state index contributed by atoms with van der Waals surface area (Å²) in [7, 11) is -1.77. The number of hydrogen-bond acceptors (Lipinski definition) is 0. The summed E-state index contributed by atoms with van der Waals surface area (Å²) < 4.78 is 0. The van der Waals surface area contributed by atoms with Crippen LogP contribution in [0.25, 0.3) is 0 Å². The van der Waals surface area contributed by atoms with Crippen molar-refractivity contribution in [2.45, 2.75) is 19.4 Å². The summed E-state index contributed by atoms with van der Waals surface area (Å²) in [5.74, 6) is 0. The molecule has 0 radical (unpaired) electrons. The van der Waals surface area contributed by atoms with Crippen LogP contribution in [0.2, 0.25) is 6.55 Å². The molecule has 0 unspecified atom stereocenters. The second-order valence-electron chi connectivity index (χ2n) is 3.65. The van der Waals surface area contributed by atoms with Gasteiger partial charge in [-0.25, -0.2) is 0 Å². The average molecular weight is 209 g/mol. The summed E-state index contributed by atoms with van der Waals surface area (Å²) in [4.78, 5) is 0. The van der Waals surface area contributed by atoms with Gasteiger partial charge in [-0.3, -0.25) is 0 Å². The Morgan fingerprint density at radius 2 is 1.54 bits per heavy atom. The summed E-state index contributed by atoms with van der Waals surface area (Å²) in [6, 6.07) is 0. The lowest BCUT2D eigenvalue weighted by Crippen LogP contribution is -2.28. The highest BCUT2D eigenvalue weighted by Gasteiger charge is 2.33. The zero-order valence-electron chi connectivity index (χ0n) is 7.76. The molecule has 0 atom stereocenters. The van der Waals surface area contributed by atoms with Gasteiger partial charge in [-0.15, -0.1) is 0 Å². The topological polar surface area (TPSA) is 0 Å². The van der Waals surface area contributed by atoms with E-state index in [0.29, 0.717) is 0 Å².